The fourth-order valence-corrected chi connectivity index (χ4v) is 3.59. The van der Waals surface area contributed by atoms with Crippen molar-refractivity contribution in [2.75, 3.05) is 6.54 Å². The van der Waals surface area contributed by atoms with Crippen LogP contribution in [-0.2, 0) is 6.42 Å². The number of nitrogens with one attached hydrogen (secondary N) is 1. The zero-order chi connectivity index (χ0) is 21.0. The highest BCUT2D eigenvalue weighted by molar-refractivity contribution is 5.98. The third-order valence-corrected chi connectivity index (χ3v) is 5.42. The van der Waals surface area contributed by atoms with E-state index in [9.17, 15) is 0 Å². The molecule has 0 radical (unpaired) electrons. The van der Waals surface area contributed by atoms with Crippen LogP contribution >= 0.6 is 0 Å². The topological polar surface area (TPSA) is 74.4 Å². The van der Waals surface area contributed by atoms with E-state index in [0.29, 0.717) is 18.3 Å². The van der Waals surface area contributed by atoms with E-state index < -0.39 is 0 Å². The van der Waals surface area contributed by atoms with Crippen LogP contribution in [0.25, 0.3) is 10.9 Å². The molecule has 1 aliphatic carbocycles. The molecule has 0 spiro atoms. The summed E-state index contributed by atoms with van der Waals surface area (Å²) in [6.45, 7) is 6.42. The van der Waals surface area contributed by atoms with Crippen LogP contribution in [0.1, 0.15) is 26.8 Å². The summed E-state index contributed by atoms with van der Waals surface area (Å²) in [7, 11) is 0. The first kappa shape index (κ1) is 19.7. The summed E-state index contributed by atoms with van der Waals surface area (Å²) in [4.78, 5) is 8.80. The van der Waals surface area contributed by atoms with Crippen molar-refractivity contribution in [2.45, 2.75) is 31.7 Å². The molecule has 0 saturated heterocycles. The Morgan fingerprint density at radius 2 is 2.37 bits per heavy atom. The molecule has 6 nitrogen and oxygen atoms in total. The van der Waals surface area contributed by atoms with Crippen molar-refractivity contribution in [3.8, 4) is 12.3 Å². The molecule has 2 aromatic rings. The van der Waals surface area contributed by atoms with Gasteiger partial charge in [0.25, 0.3) is 0 Å². The molecule has 6 heteroatoms. The molecule has 1 aromatic heterocycles. The van der Waals surface area contributed by atoms with Gasteiger partial charge in [-0.25, -0.2) is 4.99 Å². The van der Waals surface area contributed by atoms with E-state index in [4.69, 9.17) is 6.42 Å². The first-order chi connectivity index (χ1) is 14.6. The van der Waals surface area contributed by atoms with Crippen LogP contribution in [0.5, 0.6) is 0 Å². The molecule has 30 heavy (non-hydrogen) atoms. The molecule has 152 valence electrons. The van der Waals surface area contributed by atoms with Crippen LogP contribution in [0.3, 0.4) is 0 Å². The lowest BCUT2D eigenvalue weighted by molar-refractivity contribution is 0.615. The van der Waals surface area contributed by atoms with E-state index in [1.54, 1.807) is 6.20 Å². The lowest BCUT2D eigenvalue weighted by Crippen LogP contribution is -2.27. The fraction of sp³-hybridized carbons (Fsp3) is 0.292. The number of hydrogen-bond donors (Lipinski definition) is 1. The number of hydrazone groups is 1. The molecule has 0 amide bonds. The van der Waals surface area contributed by atoms with Gasteiger partial charge in [-0.1, -0.05) is 24.6 Å². The van der Waals surface area contributed by atoms with Gasteiger partial charge in [0.05, 0.1) is 17.6 Å². The predicted molar refractivity (Wildman–Crippen MR) is 124 cm³/mol. The van der Waals surface area contributed by atoms with Gasteiger partial charge in [0.2, 0.25) is 0 Å². The standard InChI is InChI=1S/C24H24N6.H2/c1-4-20(24-14-21(24)16-28-30-24)15-26-23(17(2)3)29-27-12-5-7-18-9-10-22-19(13-18)8-6-11-25-22;/h1,6,8-11,13,15-16,21,30H,2,5,7,12,14H2,3H3;1H/b20-15+,26-23?,29-27?;. The number of terminal acetylenes is 1. The number of amidine groups is 1. The van der Waals surface area contributed by atoms with Gasteiger partial charge in [0, 0.05) is 36.9 Å². The van der Waals surface area contributed by atoms with Crippen molar-refractivity contribution in [3.63, 3.8) is 0 Å². The van der Waals surface area contributed by atoms with Gasteiger partial charge in [-0.15, -0.1) is 11.5 Å². The van der Waals surface area contributed by atoms with E-state index in [1.807, 2.05) is 25.4 Å². The Morgan fingerprint density at radius 1 is 1.47 bits per heavy atom. The third kappa shape index (κ3) is 4.06. The van der Waals surface area contributed by atoms with Gasteiger partial charge in [0.15, 0.2) is 5.84 Å². The van der Waals surface area contributed by atoms with Crippen molar-refractivity contribution in [1.29, 1.82) is 0 Å². The summed E-state index contributed by atoms with van der Waals surface area (Å²) in [6, 6.07) is 10.4. The molecule has 1 aliphatic heterocycles. The van der Waals surface area contributed by atoms with Crippen molar-refractivity contribution in [2.24, 2.45) is 26.2 Å². The quantitative estimate of drug-likeness (QED) is 0.241. The Hall–Kier alpha value is -3.59. The van der Waals surface area contributed by atoms with Crippen molar-refractivity contribution in [3.05, 3.63) is 66.0 Å². The second kappa shape index (κ2) is 8.42. The van der Waals surface area contributed by atoms with Gasteiger partial charge in [0.1, 0.15) is 0 Å². The lowest BCUT2D eigenvalue weighted by Gasteiger charge is -2.11. The summed E-state index contributed by atoms with van der Waals surface area (Å²) in [5, 5.41) is 13.8. The van der Waals surface area contributed by atoms with Crippen molar-refractivity contribution in [1.82, 2.24) is 10.4 Å². The number of fused-ring (bicyclic) bond motifs is 2. The summed E-state index contributed by atoms with van der Waals surface area (Å²) >= 11 is 0. The van der Waals surface area contributed by atoms with Crippen LogP contribution in [0.15, 0.2) is 80.8 Å². The van der Waals surface area contributed by atoms with E-state index in [1.165, 1.54) is 5.56 Å². The van der Waals surface area contributed by atoms with E-state index in [0.717, 1.165) is 41.3 Å². The van der Waals surface area contributed by atoms with Crippen LogP contribution in [0.4, 0.5) is 0 Å². The van der Waals surface area contributed by atoms with Gasteiger partial charge >= 0.3 is 0 Å². The number of azo groups is 1. The molecule has 2 aliphatic rings. The van der Waals surface area contributed by atoms with Crippen LogP contribution < -0.4 is 5.43 Å². The average molecular weight is 399 g/mol. The number of benzene rings is 1. The second-order valence-electron chi connectivity index (χ2n) is 7.69. The summed E-state index contributed by atoms with van der Waals surface area (Å²) in [5.41, 5.74) is 6.67. The molecule has 1 fully saturated rings. The van der Waals surface area contributed by atoms with Crippen LogP contribution in [-0.4, -0.2) is 29.1 Å². The Balaban J connectivity index is 0.00000272. The maximum absolute atomic E-state index is 5.69. The molecule has 2 atom stereocenters. The average Bonchev–Trinajstić information content (AvgIpc) is 3.31. The van der Waals surface area contributed by atoms with Crippen molar-refractivity contribution >= 4 is 23.0 Å². The van der Waals surface area contributed by atoms with Gasteiger partial charge in [-0.05, 0) is 55.5 Å². The molecule has 2 unspecified atom stereocenters. The van der Waals surface area contributed by atoms with E-state index in [-0.39, 0.29) is 6.97 Å². The Morgan fingerprint density at radius 3 is 3.10 bits per heavy atom. The number of hydrogen-bond acceptors (Lipinski definition) is 5. The third-order valence-electron chi connectivity index (χ3n) is 5.42. The molecule has 2 heterocycles. The Kier molecular flexibility index (Phi) is 5.53. The molecule has 1 aromatic carbocycles. The molecule has 1 N–H and O–H groups in total. The van der Waals surface area contributed by atoms with Gasteiger partial charge in [-0.2, -0.15) is 10.2 Å². The molecule has 4 rings (SSSR count). The SMILES string of the molecule is C#C/C(=C\N=C(N=NCCCc1ccc2ncccc2c1)C(=C)C)C12CC1C=NN2.[HH]. The number of rotatable bonds is 7. The largest absolute Gasteiger partial charge is 0.298 e. The van der Waals surface area contributed by atoms with E-state index in [2.05, 4.69) is 67.5 Å². The van der Waals surface area contributed by atoms with Gasteiger partial charge in [-0.3, -0.25) is 10.4 Å². The number of aliphatic imine (C=N–C) groups is 1. The normalized spacial score (nSPS) is 22.7. The molecular weight excluding hydrogens is 372 g/mol. The van der Waals surface area contributed by atoms with Crippen molar-refractivity contribution < 1.29 is 1.43 Å². The summed E-state index contributed by atoms with van der Waals surface area (Å²) in [6.07, 6.45) is 13.9. The van der Waals surface area contributed by atoms with Crippen LogP contribution in [0, 0.1) is 18.3 Å². The maximum Gasteiger partial charge on any atom is 0.176 e. The zero-order valence-corrected chi connectivity index (χ0v) is 17.0. The monoisotopic (exact) mass is 398 g/mol. The lowest BCUT2D eigenvalue weighted by atomic mass is 10.1. The molecule has 1 saturated carbocycles. The Bertz CT molecular complexity index is 1140. The number of aryl methyl sites for hydroxylation is 1. The highest BCUT2D eigenvalue weighted by Crippen LogP contribution is 2.50. The summed E-state index contributed by atoms with van der Waals surface area (Å²) in [5.74, 6) is 3.58. The first-order valence-corrected chi connectivity index (χ1v) is 10.0. The van der Waals surface area contributed by atoms with Crippen LogP contribution in [0.2, 0.25) is 0 Å². The highest BCUT2D eigenvalue weighted by Gasteiger charge is 2.59. The minimum absolute atomic E-state index is 0. The minimum atomic E-state index is -0.245. The highest BCUT2D eigenvalue weighted by atomic mass is 15.4. The molecule has 0 bridgehead atoms. The number of nitrogens with zero attached hydrogens (tertiary/aromatic N) is 5. The maximum atomic E-state index is 5.69. The predicted octanol–water partition coefficient (Wildman–Crippen LogP) is 4.71. The molecular formula is C24H26N6. The van der Waals surface area contributed by atoms with E-state index >= 15 is 0 Å². The number of aromatic nitrogens is 1. The second-order valence-corrected chi connectivity index (χ2v) is 7.69. The smallest absolute Gasteiger partial charge is 0.176 e. The van der Waals surface area contributed by atoms with Gasteiger partial charge < -0.3 is 0 Å². The number of pyridine rings is 1. The zero-order valence-electron chi connectivity index (χ0n) is 17.0. The Labute approximate surface area is 178 Å². The summed E-state index contributed by atoms with van der Waals surface area (Å²) < 4.78 is 0. The fourth-order valence-electron chi connectivity index (χ4n) is 3.59. The minimum Gasteiger partial charge on any atom is -0.298 e. The first-order valence-electron chi connectivity index (χ1n) is 10.0.